The third-order valence-electron chi connectivity index (χ3n) is 4.31. The number of hydrogen-bond acceptors (Lipinski definition) is 3. The summed E-state index contributed by atoms with van der Waals surface area (Å²) < 4.78 is 5.72. The maximum Gasteiger partial charge on any atom is 0.263 e. The first-order valence-corrected chi connectivity index (χ1v) is 8.37. The standard InChI is InChI=1S/C21H20N2O2/c1-16(25-20-9-7-17(15-22)8-10-20)21(24)23-13-11-19(12-14-23)18-5-3-2-4-6-18/h2-11,16H,12-14H2,1H3/t16-/m1/s1. The lowest BCUT2D eigenvalue weighted by Crippen LogP contribution is -2.42. The fourth-order valence-corrected chi connectivity index (χ4v) is 2.90. The molecule has 0 spiro atoms. The first-order valence-electron chi connectivity index (χ1n) is 8.37. The van der Waals surface area contributed by atoms with Gasteiger partial charge in [-0.1, -0.05) is 36.4 Å². The zero-order valence-electron chi connectivity index (χ0n) is 14.2. The van der Waals surface area contributed by atoms with Crippen molar-refractivity contribution in [1.82, 2.24) is 4.90 Å². The van der Waals surface area contributed by atoms with Crippen molar-refractivity contribution in [2.45, 2.75) is 19.4 Å². The summed E-state index contributed by atoms with van der Waals surface area (Å²) in [5.41, 5.74) is 3.07. The van der Waals surface area contributed by atoms with Crippen molar-refractivity contribution in [3.8, 4) is 11.8 Å². The highest BCUT2D eigenvalue weighted by atomic mass is 16.5. The Morgan fingerprint density at radius 3 is 2.48 bits per heavy atom. The lowest BCUT2D eigenvalue weighted by molar-refractivity contribution is -0.137. The van der Waals surface area contributed by atoms with Gasteiger partial charge in [0.2, 0.25) is 0 Å². The quantitative estimate of drug-likeness (QED) is 0.859. The van der Waals surface area contributed by atoms with Crippen molar-refractivity contribution in [2.75, 3.05) is 13.1 Å². The maximum atomic E-state index is 12.6. The summed E-state index contributed by atoms with van der Waals surface area (Å²) >= 11 is 0. The van der Waals surface area contributed by atoms with E-state index in [1.54, 1.807) is 31.2 Å². The normalized spacial score (nSPS) is 15.0. The largest absolute Gasteiger partial charge is 0.481 e. The molecule has 0 unspecified atom stereocenters. The molecule has 4 heteroatoms. The second-order valence-electron chi connectivity index (χ2n) is 6.03. The van der Waals surface area contributed by atoms with Crippen LogP contribution in [-0.2, 0) is 4.79 Å². The van der Waals surface area contributed by atoms with Crippen LogP contribution in [0.2, 0.25) is 0 Å². The molecule has 2 aromatic carbocycles. The van der Waals surface area contributed by atoms with Gasteiger partial charge in [-0.15, -0.1) is 0 Å². The predicted octanol–water partition coefficient (Wildman–Crippen LogP) is 3.64. The Morgan fingerprint density at radius 2 is 1.88 bits per heavy atom. The van der Waals surface area contributed by atoms with Gasteiger partial charge in [-0.2, -0.15) is 5.26 Å². The Balaban J connectivity index is 1.59. The molecule has 1 aliphatic rings. The molecule has 0 N–H and O–H groups in total. The summed E-state index contributed by atoms with van der Waals surface area (Å²) in [6.45, 7) is 3.06. The van der Waals surface area contributed by atoms with Gasteiger partial charge in [-0.25, -0.2) is 0 Å². The Bertz CT molecular complexity index is 804. The average molecular weight is 332 g/mol. The Hall–Kier alpha value is -3.06. The van der Waals surface area contributed by atoms with E-state index in [2.05, 4.69) is 24.3 Å². The van der Waals surface area contributed by atoms with E-state index in [-0.39, 0.29) is 5.91 Å². The molecule has 0 bridgehead atoms. The number of nitrogens with zero attached hydrogens (tertiary/aromatic N) is 2. The molecule has 0 saturated heterocycles. The smallest absolute Gasteiger partial charge is 0.263 e. The van der Waals surface area contributed by atoms with Crippen LogP contribution in [0.3, 0.4) is 0 Å². The van der Waals surface area contributed by atoms with Crippen LogP contribution in [-0.4, -0.2) is 30.0 Å². The van der Waals surface area contributed by atoms with Crippen LogP contribution < -0.4 is 4.74 Å². The first kappa shape index (κ1) is 16.8. The molecular formula is C21H20N2O2. The molecule has 4 nitrogen and oxygen atoms in total. The number of carbonyl (C=O) groups is 1. The van der Waals surface area contributed by atoms with Gasteiger partial charge < -0.3 is 9.64 Å². The van der Waals surface area contributed by atoms with Crippen molar-refractivity contribution in [2.24, 2.45) is 0 Å². The molecule has 1 amide bonds. The van der Waals surface area contributed by atoms with Crippen LogP contribution in [0.5, 0.6) is 5.75 Å². The molecule has 0 saturated carbocycles. The SMILES string of the molecule is C[C@@H](Oc1ccc(C#N)cc1)C(=O)N1CC=C(c2ccccc2)CC1. The van der Waals surface area contributed by atoms with E-state index in [4.69, 9.17) is 10.00 Å². The van der Waals surface area contributed by atoms with E-state index >= 15 is 0 Å². The molecule has 25 heavy (non-hydrogen) atoms. The van der Waals surface area contributed by atoms with Gasteiger partial charge >= 0.3 is 0 Å². The van der Waals surface area contributed by atoms with Crippen LogP contribution in [0.15, 0.2) is 60.7 Å². The van der Waals surface area contributed by atoms with Crippen molar-refractivity contribution in [3.05, 3.63) is 71.8 Å². The van der Waals surface area contributed by atoms with E-state index in [1.165, 1.54) is 11.1 Å². The fourth-order valence-electron chi connectivity index (χ4n) is 2.90. The molecule has 0 fully saturated rings. The number of rotatable bonds is 4. The lowest BCUT2D eigenvalue weighted by Gasteiger charge is -2.29. The Labute approximate surface area is 148 Å². The monoisotopic (exact) mass is 332 g/mol. The maximum absolute atomic E-state index is 12.6. The van der Waals surface area contributed by atoms with Gasteiger partial charge in [0.15, 0.2) is 6.10 Å². The minimum Gasteiger partial charge on any atom is -0.481 e. The van der Waals surface area contributed by atoms with E-state index in [1.807, 2.05) is 23.1 Å². The Kier molecular flexibility index (Phi) is 5.15. The molecule has 1 atom stereocenters. The summed E-state index contributed by atoms with van der Waals surface area (Å²) in [7, 11) is 0. The number of amides is 1. The summed E-state index contributed by atoms with van der Waals surface area (Å²) in [5.74, 6) is 0.574. The Morgan fingerprint density at radius 1 is 1.16 bits per heavy atom. The van der Waals surface area contributed by atoms with Gasteiger partial charge in [-0.3, -0.25) is 4.79 Å². The lowest BCUT2D eigenvalue weighted by atomic mass is 9.99. The number of carbonyl (C=O) groups excluding carboxylic acids is 1. The molecule has 3 rings (SSSR count). The van der Waals surface area contributed by atoms with Crippen LogP contribution in [0.4, 0.5) is 0 Å². The average Bonchev–Trinajstić information content (AvgIpc) is 2.69. The minimum atomic E-state index is -0.556. The second-order valence-corrected chi connectivity index (χ2v) is 6.03. The molecule has 1 aliphatic heterocycles. The summed E-state index contributed by atoms with van der Waals surface area (Å²) in [5, 5.41) is 8.82. The van der Waals surface area contributed by atoms with E-state index in [0.29, 0.717) is 24.4 Å². The third-order valence-corrected chi connectivity index (χ3v) is 4.31. The first-order chi connectivity index (χ1) is 12.2. The van der Waals surface area contributed by atoms with Gasteiger partial charge in [0.25, 0.3) is 5.91 Å². The van der Waals surface area contributed by atoms with Crippen molar-refractivity contribution >= 4 is 11.5 Å². The highest BCUT2D eigenvalue weighted by molar-refractivity contribution is 5.82. The zero-order chi connectivity index (χ0) is 17.6. The number of benzene rings is 2. The van der Waals surface area contributed by atoms with Crippen LogP contribution >= 0.6 is 0 Å². The highest BCUT2D eigenvalue weighted by Crippen LogP contribution is 2.23. The minimum absolute atomic E-state index is 0.0206. The third kappa shape index (κ3) is 4.07. The summed E-state index contributed by atoms with van der Waals surface area (Å²) in [4.78, 5) is 14.4. The number of nitriles is 1. The van der Waals surface area contributed by atoms with Gasteiger partial charge in [0, 0.05) is 13.1 Å². The van der Waals surface area contributed by atoms with E-state index < -0.39 is 6.10 Å². The molecule has 0 aromatic heterocycles. The van der Waals surface area contributed by atoms with Gasteiger partial charge in [-0.05, 0) is 48.7 Å². The number of hydrogen-bond donors (Lipinski definition) is 0. The van der Waals surface area contributed by atoms with Crippen molar-refractivity contribution in [3.63, 3.8) is 0 Å². The van der Waals surface area contributed by atoms with Crippen LogP contribution in [0.1, 0.15) is 24.5 Å². The second kappa shape index (κ2) is 7.67. The number of ether oxygens (including phenoxy) is 1. The molecule has 0 aliphatic carbocycles. The molecule has 2 aromatic rings. The van der Waals surface area contributed by atoms with Crippen molar-refractivity contribution in [1.29, 1.82) is 5.26 Å². The summed E-state index contributed by atoms with van der Waals surface area (Å²) in [6, 6.07) is 19.1. The van der Waals surface area contributed by atoms with Crippen molar-refractivity contribution < 1.29 is 9.53 Å². The molecular weight excluding hydrogens is 312 g/mol. The molecule has 1 heterocycles. The van der Waals surface area contributed by atoms with Gasteiger partial charge in [0.1, 0.15) is 5.75 Å². The van der Waals surface area contributed by atoms with E-state index in [0.717, 1.165) is 6.42 Å². The summed E-state index contributed by atoms with van der Waals surface area (Å²) in [6.07, 6.45) is 2.41. The highest BCUT2D eigenvalue weighted by Gasteiger charge is 2.24. The van der Waals surface area contributed by atoms with Gasteiger partial charge in [0.05, 0.1) is 11.6 Å². The topological polar surface area (TPSA) is 53.3 Å². The predicted molar refractivity (Wildman–Crippen MR) is 96.9 cm³/mol. The molecule has 126 valence electrons. The van der Waals surface area contributed by atoms with E-state index in [9.17, 15) is 4.79 Å². The van der Waals surface area contributed by atoms with Crippen LogP contribution in [0.25, 0.3) is 5.57 Å². The fraction of sp³-hybridized carbons (Fsp3) is 0.238. The zero-order valence-corrected chi connectivity index (χ0v) is 14.2. The van der Waals surface area contributed by atoms with Crippen LogP contribution in [0, 0.1) is 11.3 Å². The molecule has 0 radical (unpaired) electrons.